The highest BCUT2D eigenvalue weighted by Gasteiger charge is 2.28. The minimum Gasteiger partial charge on any atom is -0.467 e. The highest BCUT2D eigenvalue weighted by Crippen LogP contribution is 2.38. The van der Waals surface area contributed by atoms with Crippen LogP contribution in [0.25, 0.3) is 11.3 Å². The van der Waals surface area contributed by atoms with Crippen molar-refractivity contribution in [3.8, 4) is 29.4 Å². The summed E-state index contributed by atoms with van der Waals surface area (Å²) < 4.78 is 11.3. The standard InChI is InChI=1S/C24H29N3O2/c1-4-17-10-11-21(22(14-17)29-15-28-5-2)23-19-8-6-7-9-20(19)24(27-26-23)25-18-12-16(3)13-18/h1,10-11,14,16,18H,5-9,12-13,15H2,2-3H3,(H,25,27). The number of aromatic nitrogens is 2. The number of nitrogens with one attached hydrogen (secondary N) is 1. The topological polar surface area (TPSA) is 56.3 Å². The van der Waals surface area contributed by atoms with Gasteiger partial charge >= 0.3 is 0 Å². The van der Waals surface area contributed by atoms with Crippen LogP contribution in [0.15, 0.2) is 18.2 Å². The van der Waals surface area contributed by atoms with Gasteiger partial charge in [0, 0.05) is 29.3 Å². The first-order valence-electron chi connectivity index (χ1n) is 10.7. The molecule has 1 heterocycles. The monoisotopic (exact) mass is 391 g/mol. The molecule has 1 saturated carbocycles. The van der Waals surface area contributed by atoms with Gasteiger partial charge in [-0.2, -0.15) is 0 Å². The van der Waals surface area contributed by atoms with E-state index in [0.29, 0.717) is 18.4 Å². The van der Waals surface area contributed by atoms with Crippen molar-refractivity contribution in [2.24, 2.45) is 5.92 Å². The first-order valence-corrected chi connectivity index (χ1v) is 10.7. The molecule has 1 fully saturated rings. The molecule has 5 nitrogen and oxygen atoms in total. The smallest absolute Gasteiger partial charge is 0.189 e. The molecule has 29 heavy (non-hydrogen) atoms. The molecule has 2 aliphatic carbocycles. The second-order valence-corrected chi connectivity index (χ2v) is 8.09. The van der Waals surface area contributed by atoms with Crippen LogP contribution in [0.1, 0.15) is 56.2 Å². The second kappa shape index (κ2) is 8.84. The van der Waals surface area contributed by atoms with Crippen LogP contribution in [0.2, 0.25) is 0 Å². The van der Waals surface area contributed by atoms with E-state index >= 15 is 0 Å². The predicted octanol–water partition coefficient (Wildman–Crippen LogP) is 4.59. The SMILES string of the molecule is C#Cc1ccc(-c2nnc(NC3CC(C)C3)c3c2CCCC3)c(OCOCC)c1. The van der Waals surface area contributed by atoms with Crippen molar-refractivity contribution in [1.82, 2.24) is 10.2 Å². The molecule has 2 aromatic rings. The van der Waals surface area contributed by atoms with Crippen molar-refractivity contribution in [2.75, 3.05) is 18.7 Å². The van der Waals surface area contributed by atoms with E-state index in [1.165, 1.54) is 36.8 Å². The molecule has 0 saturated heterocycles. The van der Waals surface area contributed by atoms with Crippen LogP contribution in [-0.4, -0.2) is 29.6 Å². The van der Waals surface area contributed by atoms with Gasteiger partial charge in [-0.3, -0.25) is 0 Å². The Kier molecular flexibility index (Phi) is 6.01. The first-order chi connectivity index (χ1) is 14.2. The molecule has 0 aliphatic heterocycles. The zero-order valence-electron chi connectivity index (χ0n) is 17.3. The first kappa shape index (κ1) is 19.7. The number of fused-ring (bicyclic) bond motifs is 1. The zero-order chi connectivity index (χ0) is 20.2. The fraction of sp³-hybridized carbons (Fsp3) is 0.500. The molecule has 0 radical (unpaired) electrons. The van der Waals surface area contributed by atoms with Crippen LogP contribution in [0.3, 0.4) is 0 Å². The number of hydrogen-bond donors (Lipinski definition) is 1. The molecule has 5 heteroatoms. The van der Waals surface area contributed by atoms with Crippen molar-refractivity contribution in [2.45, 2.75) is 58.4 Å². The largest absolute Gasteiger partial charge is 0.467 e. The second-order valence-electron chi connectivity index (χ2n) is 8.09. The molecular formula is C24H29N3O2. The van der Waals surface area contributed by atoms with Crippen molar-refractivity contribution >= 4 is 5.82 Å². The number of ether oxygens (including phenoxy) is 2. The van der Waals surface area contributed by atoms with Gasteiger partial charge in [0.05, 0.1) is 0 Å². The number of terminal acetylenes is 1. The lowest BCUT2D eigenvalue weighted by Crippen LogP contribution is -2.34. The van der Waals surface area contributed by atoms with Gasteiger partial charge in [-0.25, -0.2) is 0 Å². The third-order valence-corrected chi connectivity index (χ3v) is 5.91. The van der Waals surface area contributed by atoms with Gasteiger partial charge in [-0.15, -0.1) is 16.6 Å². The van der Waals surface area contributed by atoms with Crippen LogP contribution in [-0.2, 0) is 17.6 Å². The Morgan fingerprint density at radius 1 is 1.17 bits per heavy atom. The average Bonchev–Trinajstić information content (AvgIpc) is 2.73. The summed E-state index contributed by atoms with van der Waals surface area (Å²) in [6.45, 7) is 5.02. The van der Waals surface area contributed by atoms with Crippen molar-refractivity contribution in [3.63, 3.8) is 0 Å². The van der Waals surface area contributed by atoms with E-state index < -0.39 is 0 Å². The zero-order valence-corrected chi connectivity index (χ0v) is 17.3. The maximum atomic E-state index is 5.90. The van der Waals surface area contributed by atoms with Gasteiger partial charge in [-0.1, -0.05) is 12.8 Å². The summed E-state index contributed by atoms with van der Waals surface area (Å²) in [6.07, 6.45) is 12.4. The summed E-state index contributed by atoms with van der Waals surface area (Å²) in [5, 5.41) is 12.9. The van der Waals surface area contributed by atoms with Crippen LogP contribution < -0.4 is 10.1 Å². The van der Waals surface area contributed by atoms with Crippen molar-refractivity contribution < 1.29 is 9.47 Å². The van der Waals surface area contributed by atoms with Gasteiger partial charge in [0.2, 0.25) is 0 Å². The Morgan fingerprint density at radius 2 is 1.97 bits per heavy atom. The normalized spacial score (nSPS) is 20.3. The van der Waals surface area contributed by atoms with Gasteiger partial charge < -0.3 is 14.8 Å². The average molecular weight is 392 g/mol. The van der Waals surface area contributed by atoms with E-state index in [-0.39, 0.29) is 6.79 Å². The predicted molar refractivity (Wildman–Crippen MR) is 115 cm³/mol. The number of nitrogens with zero attached hydrogens (tertiary/aromatic N) is 2. The highest BCUT2D eigenvalue weighted by molar-refractivity contribution is 5.74. The van der Waals surface area contributed by atoms with Gasteiger partial charge in [0.25, 0.3) is 0 Å². The number of hydrogen-bond acceptors (Lipinski definition) is 5. The van der Waals surface area contributed by atoms with Crippen molar-refractivity contribution in [3.05, 3.63) is 34.9 Å². The molecule has 4 rings (SSSR count). The quantitative estimate of drug-likeness (QED) is 0.425. The molecular weight excluding hydrogens is 362 g/mol. The van der Waals surface area contributed by atoms with E-state index in [1.54, 1.807) is 0 Å². The third kappa shape index (κ3) is 4.23. The van der Waals surface area contributed by atoms with Gasteiger partial charge in [0.1, 0.15) is 11.4 Å². The van der Waals surface area contributed by atoms with Crippen molar-refractivity contribution in [1.29, 1.82) is 0 Å². The summed E-state index contributed by atoms with van der Waals surface area (Å²) in [6, 6.07) is 6.33. The molecule has 1 aromatic heterocycles. The van der Waals surface area contributed by atoms with E-state index in [4.69, 9.17) is 15.9 Å². The summed E-state index contributed by atoms with van der Waals surface area (Å²) in [5.41, 5.74) is 5.22. The lowest BCUT2D eigenvalue weighted by atomic mass is 9.81. The number of rotatable bonds is 7. The lowest BCUT2D eigenvalue weighted by molar-refractivity contribution is 0.0227. The van der Waals surface area contributed by atoms with E-state index in [2.05, 4.69) is 28.4 Å². The number of benzene rings is 1. The number of anilines is 1. The summed E-state index contributed by atoms with van der Waals surface area (Å²) in [7, 11) is 0. The Morgan fingerprint density at radius 3 is 2.69 bits per heavy atom. The molecule has 0 spiro atoms. The van der Waals surface area contributed by atoms with Gasteiger partial charge in [-0.05, 0) is 75.1 Å². The molecule has 0 amide bonds. The maximum absolute atomic E-state index is 5.90. The molecule has 0 unspecified atom stereocenters. The van der Waals surface area contributed by atoms with Crippen LogP contribution in [0, 0.1) is 18.3 Å². The molecule has 1 N–H and O–H groups in total. The molecule has 1 aromatic carbocycles. The fourth-order valence-electron chi connectivity index (χ4n) is 4.31. The fourth-order valence-corrected chi connectivity index (χ4v) is 4.31. The highest BCUT2D eigenvalue weighted by atomic mass is 16.7. The summed E-state index contributed by atoms with van der Waals surface area (Å²) >= 11 is 0. The molecule has 152 valence electrons. The van der Waals surface area contributed by atoms with E-state index in [1.807, 2.05) is 25.1 Å². The molecule has 0 atom stereocenters. The Labute approximate surface area is 173 Å². The van der Waals surface area contributed by atoms with E-state index in [0.717, 1.165) is 41.4 Å². The molecule has 0 bridgehead atoms. The Hall–Kier alpha value is -2.58. The van der Waals surface area contributed by atoms with Crippen LogP contribution in [0.4, 0.5) is 5.82 Å². The van der Waals surface area contributed by atoms with Crippen LogP contribution in [0.5, 0.6) is 5.75 Å². The summed E-state index contributed by atoms with van der Waals surface area (Å²) in [4.78, 5) is 0. The Balaban J connectivity index is 1.70. The maximum Gasteiger partial charge on any atom is 0.189 e. The van der Waals surface area contributed by atoms with E-state index in [9.17, 15) is 0 Å². The Bertz CT molecular complexity index is 913. The third-order valence-electron chi connectivity index (χ3n) is 5.91. The lowest BCUT2D eigenvalue weighted by Gasteiger charge is -2.34. The van der Waals surface area contributed by atoms with Gasteiger partial charge in [0.15, 0.2) is 12.6 Å². The minimum absolute atomic E-state index is 0.187. The minimum atomic E-state index is 0.187. The molecule has 2 aliphatic rings. The summed E-state index contributed by atoms with van der Waals surface area (Å²) in [5.74, 6) is 5.15. The van der Waals surface area contributed by atoms with Crippen LogP contribution >= 0.6 is 0 Å².